The van der Waals surface area contributed by atoms with E-state index in [4.69, 9.17) is 16.7 Å². The molecule has 7 heteroatoms. The van der Waals surface area contributed by atoms with Gasteiger partial charge in [-0.3, -0.25) is 0 Å². The number of rotatable bonds is 3. The zero-order chi connectivity index (χ0) is 9.99. The van der Waals surface area contributed by atoms with Gasteiger partial charge in [-0.25, -0.2) is 8.42 Å². The molecule has 0 bridgehead atoms. The molecule has 0 aliphatic rings. The van der Waals surface area contributed by atoms with E-state index in [1.807, 2.05) is 0 Å². The lowest BCUT2D eigenvalue weighted by molar-refractivity contribution is 0.313. The number of amidine groups is 1. The number of hydrogen-bond donors (Lipinski definition) is 3. The van der Waals surface area contributed by atoms with Gasteiger partial charge in [-0.2, -0.15) is 0 Å². The van der Waals surface area contributed by atoms with Gasteiger partial charge >= 0.3 is 0 Å². The maximum atomic E-state index is 10.8. The lowest BCUT2D eigenvalue weighted by Gasteiger charge is -2.20. The number of hydrogen-bond acceptors (Lipinski definition) is 5. The van der Waals surface area contributed by atoms with E-state index in [0.29, 0.717) is 0 Å². The van der Waals surface area contributed by atoms with Gasteiger partial charge in [0.05, 0.1) is 11.3 Å². The molecule has 0 amide bonds. The molecule has 0 aliphatic heterocycles. The summed E-state index contributed by atoms with van der Waals surface area (Å²) in [7, 11) is -3.23. The summed E-state index contributed by atoms with van der Waals surface area (Å²) in [5.74, 6) is -0.650. The van der Waals surface area contributed by atoms with Crippen LogP contribution in [0.1, 0.15) is 6.92 Å². The molecular weight excluding hydrogens is 182 g/mol. The van der Waals surface area contributed by atoms with Gasteiger partial charge in [0.2, 0.25) is 0 Å². The minimum absolute atomic E-state index is 0.298. The highest BCUT2D eigenvalue weighted by atomic mass is 32.2. The Hall–Kier alpha value is -0.820. The highest BCUT2D eigenvalue weighted by Gasteiger charge is 2.28. The lowest BCUT2D eigenvalue weighted by atomic mass is 10.1. The monoisotopic (exact) mass is 195 g/mol. The van der Waals surface area contributed by atoms with E-state index in [9.17, 15) is 8.42 Å². The summed E-state index contributed by atoms with van der Waals surface area (Å²) < 4.78 is 21.6. The summed E-state index contributed by atoms with van der Waals surface area (Å²) in [6.07, 6.45) is 1.03. The van der Waals surface area contributed by atoms with E-state index in [1.54, 1.807) is 0 Å². The Balaban J connectivity index is 4.67. The summed E-state index contributed by atoms with van der Waals surface area (Å²) in [6, 6.07) is 0. The topological polar surface area (TPSA) is 119 Å². The molecule has 0 aromatic heterocycles. The van der Waals surface area contributed by atoms with Crippen LogP contribution in [0.5, 0.6) is 0 Å². The van der Waals surface area contributed by atoms with Crippen molar-refractivity contribution in [3.05, 3.63) is 0 Å². The maximum Gasteiger partial charge on any atom is 0.160 e. The van der Waals surface area contributed by atoms with Crippen molar-refractivity contribution in [2.24, 2.45) is 16.6 Å². The summed E-state index contributed by atoms with van der Waals surface area (Å²) in [4.78, 5) is 0. The smallest absolute Gasteiger partial charge is 0.160 e. The van der Waals surface area contributed by atoms with Crippen LogP contribution >= 0.6 is 0 Å². The van der Waals surface area contributed by atoms with Gasteiger partial charge in [-0.15, -0.1) is 0 Å². The van der Waals surface area contributed by atoms with Gasteiger partial charge in [0.15, 0.2) is 5.84 Å². The molecule has 1 unspecified atom stereocenters. The first-order valence-corrected chi connectivity index (χ1v) is 5.20. The minimum Gasteiger partial charge on any atom is -0.409 e. The van der Waals surface area contributed by atoms with Crippen molar-refractivity contribution in [3.63, 3.8) is 0 Å². The molecule has 5 N–H and O–H groups in total. The van der Waals surface area contributed by atoms with Gasteiger partial charge in [0.25, 0.3) is 0 Å². The lowest BCUT2D eigenvalue weighted by Crippen LogP contribution is -2.54. The highest BCUT2D eigenvalue weighted by molar-refractivity contribution is 7.90. The average molecular weight is 195 g/mol. The van der Waals surface area contributed by atoms with Crippen molar-refractivity contribution < 1.29 is 13.6 Å². The Labute approximate surface area is 71.1 Å². The van der Waals surface area contributed by atoms with E-state index in [1.165, 1.54) is 6.92 Å². The normalized spacial score (nSPS) is 18.8. The van der Waals surface area contributed by atoms with Crippen LogP contribution in [0.2, 0.25) is 0 Å². The zero-order valence-corrected chi connectivity index (χ0v) is 7.80. The summed E-state index contributed by atoms with van der Waals surface area (Å²) >= 11 is 0. The van der Waals surface area contributed by atoms with Crippen molar-refractivity contribution in [2.45, 2.75) is 12.5 Å². The molecule has 0 saturated heterocycles. The van der Waals surface area contributed by atoms with Gasteiger partial charge in [0, 0.05) is 6.26 Å². The molecule has 0 radical (unpaired) electrons. The van der Waals surface area contributed by atoms with E-state index in [2.05, 4.69) is 5.16 Å². The van der Waals surface area contributed by atoms with Gasteiger partial charge < -0.3 is 16.7 Å². The number of oxime groups is 1. The molecule has 72 valence electrons. The van der Waals surface area contributed by atoms with Crippen molar-refractivity contribution in [1.82, 2.24) is 0 Å². The van der Waals surface area contributed by atoms with Gasteiger partial charge in [-0.05, 0) is 6.92 Å². The van der Waals surface area contributed by atoms with Crippen LogP contribution in [0.15, 0.2) is 5.16 Å². The van der Waals surface area contributed by atoms with Crippen LogP contribution in [0, 0.1) is 0 Å². The third-order valence-electron chi connectivity index (χ3n) is 1.25. The zero-order valence-electron chi connectivity index (χ0n) is 6.98. The molecule has 0 aromatic carbocycles. The Morgan fingerprint density at radius 1 is 1.67 bits per heavy atom. The molecule has 0 fully saturated rings. The SMILES string of the molecule is CC(N)(CS(C)(=O)=O)C(N)=NO. The molecule has 0 heterocycles. The molecule has 0 saturated carbocycles. The standard InChI is InChI=1S/C5H13N3O3S/c1-5(7,4(6)8-9)3-12(2,10)11/h9H,3,7H2,1-2H3,(H2,6,8). The van der Waals surface area contributed by atoms with E-state index in [0.717, 1.165) is 6.26 Å². The minimum atomic E-state index is -3.23. The van der Waals surface area contributed by atoms with Crippen LogP contribution in [0.3, 0.4) is 0 Å². The fourth-order valence-electron chi connectivity index (χ4n) is 0.733. The molecule has 0 aliphatic carbocycles. The molecule has 6 nitrogen and oxygen atoms in total. The Kier molecular flexibility index (Phi) is 3.05. The molecule has 0 aromatic rings. The van der Waals surface area contributed by atoms with Crippen LogP contribution < -0.4 is 11.5 Å². The molecular formula is C5H13N3O3S. The van der Waals surface area contributed by atoms with Gasteiger partial charge in [-0.1, -0.05) is 5.16 Å². The summed E-state index contributed by atoms with van der Waals surface area (Å²) in [5, 5.41) is 10.9. The van der Waals surface area contributed by atoms with Crippen molar-refractivity contribution in [2.75, 3.05) is 12.0 Å². The second kappa shape index (κ2) is 3.28. The highest BCUT2D eigenvalue weighted by Crippen LogP contribution is 2.02. The third-order valence-corrected chi connectivity index (χ3v) is 2.38. The molecule has 0 rings (SSSR count). The second-order valence-corrected chi connectivity index (χ2v) is 5.11. The van der Waals surface area contributed by atoms with Crippen LogP contribution in [0.4, 0.5) is 0 Å². The second-order valence-electron chi connectivity index (χ2n) is 2.97. The van der Waals surface area contributed by atoms with Crippen molar-refractivity contribution in [3.8, 4) is 0 Å². The van der Waals surface area contributed by atoms with Crippen molar-refractivity contribution >= 4 is 15.7 Å². The van der Waals surface area contributed by atoms with Crippen LogP contribution in [-0.4, -0.2) is 37.0 Å². The average Bonchev–Trinajstić information content (AvgIpc) is 1.80. The quantitative estimate of drug-likeness (QED) is 0.219. The largest absolute Gasteiger partial charge is 0.409 e. The Morgan fingerprint density at radius 2 is 2.08 bits per heavy atom. The summed E-state index contributed by atoms with van der Waals surface area (Å²) in [5.41, 5.74) is 9.31. The molecule has 0 spiro atoms. The maximum absolute atomic E-state index is 10.8. The van der Waals surface area contributed by atoms with E-state index >= 15 is 0 Å². The van der Waals surface area contributed by atoms with Gasteiger partial charge in [0.1, 0.15) is 9.84 Å². The first kappa shape index (κ1) is 11.2. The predicted molar refractivity (Wildman–Crippen MR) is 45.7 cm³/mol. The van der Waals surface area contributed by atoms with Crippen LogP contribution in [0.25, 0.3) is 0 Å². The first-order valence-electron chi connectivity index (χ1n) is 3.13. The Morgan fingerprint density at radius 3 is 2.33 bits per heavy atom. The number of nitrogens with zero attached hydrogens (tertiary/aromatic N) is 1. The van der Waals surface area contributed by atoms with E-state index < -0.39 is 15.4 Å². The Bertz CT molecular complexity index is 280. The fraction of sp³-hybridized carbons (Fsp3) is 0.800. The molecule has 1 atom stereocenters. The fourth-order valence-corrected chi connectivity index (χ4v) is 1.97. The predicted octanol–water partition coefficient (Wildman–Crippen LogP) is -1.51. The third kappa shape index (κ3) is 3.54. The summed E-state index contributed by atoms with van der Waals surface area (Å²) in [6.45, 7) is 1.38. The number of sulfone groups is 1. The first-order chi connectivity index (χ1) is 5.19. The number of nitrogens with two attached hydrogens (primary N) is 2. The van der Waals surface area contributed by atoms with Crippen LogP contribution in [-0.2, 0) is 9.84 Å². The van der Waals surface area contributed by atoms with E-state index in [-0.39, 0.29) is 11.6 Å². The molecule has 12 heavy (non-hydrogen) atoms. The van der Waals surface area contributed by atoms with Crippen molar-refractivity contribution in [1.29, 1.82) is 0 Å².